The molecule has 0 radical (unpaired) electrons. The van der Waals surface area contributed by atoms with E-state index in [4.69, 9.17) is 0 Å². The highest BCUT2D eigenvalue weighted by atomic mass is 16.2. The molecule has 0 bridgehead atoms. The number of aromatic amines is 1. The van der Waals surface area contributed by atoms with Gasteiger partial charge in [-0.05, 0) is 80.3 Å². The van der Waals surface area contributed by atoms with Crippen LogP contribution in [0.25, 0.3) is 10.9 Å². The number of amides is 3. The highest BCUT2D eigenvalue weighted by Crippen LogP contribution is 2.37. The molecule has 3 aliphatic rings. The molecule has 6 rings (SSSR count). The zero-order valence-electron chi connectivity index (χ0n) is 19.0. The van der Waals surface area contributed by atoms with Gasteiger partial charge in [-0.15, -0.1) is 0 Å². The van der Waals surface area contributed by atoms with Crippen LogP contribution < -0.4 is 5.32 Å². The number of benzene rings is 2. The Kier molecular flexibility index (Phi) is 4.80. The Morgan fingerprint density at radius 1 is 0.970 bits per heavy atom. The molecule has 170 valence electrons. The third-order valence-electron chi connectivity index (χ3n) is 8.03. The number of nitrogens with zero attached hydrogens (tertiary/aromatic N) is 2. The third-order valence-corrected chi connectivity index (χ3v) is 8.03. The number of H-pyrrole nitrogens is 1. The Balaban J connectivity index is 1.11. The summed E-state index contributed by atoms with van der Waals surface area (Å²) in [7, 11) is 0. The lowest BCUT2D eigenvalue weighted by atomic mass is 9.78. The fraction of sp³-hybridized carbons (Fsp3) is 0.407. The fourth-order valence-electron chi connectivity index (χ4n) is 6.13. The zero-order chi connectivity index (χ0) is 22.6. The van der Waals surface area contributed by atoms with Gasteiger partial charge < -0.3 is 10.3 Å². The molecule has 2 aliphatic heterocycles. The van der Waals surface area contributed by atoms with E-state index >= 15 is 0 Å². The highest BCUT2D eigenvalue weighted by molar-refractivity contribution is 6.07. The van der Waals surface area contributed by atoms with Gasteiger partial charge >= 0.3 is 6.03 Å². The average Bonchev–Trinajstić information content (AvgIpc) is 3.48. The smallest absolute Gasteiger partial charge is 0.325 e. The van der Waals surface area contributed by atoms with Crippen molar-refractivity contribution in [3.05, 3.63) is 71.4 Å². The number of hydrogen-bond acceptors (Lipinski definition) is 3. The quantitative estimate of drug-likeness (QED) is 0.603. The normalized spacial score (nSPS) is 24.6. The number of imide groups is 1. The zero-order valence-corrected chi connectivity index (χ0v) is 19.0. The Labute approximate surface area is 193 Å². The summed E-state index contributed by atoms with van der Waals surface area (Å²) >= 11 is 0. The number of likely N-dealkylation sites (tertiary alicyclic amines) is 1. The van der Waals surface area contributed by atoms with Crippen LogP contribution in [0.2, 0.25) is 0 Å². The molecule has 3 heterocycles. The summed E-state index contributed by atoms with van der Waals surface area (Å²) < 4.78 is 0. The molecule has 0 spiro atoms. The lowest BCUT2D eigenvalue weighted by Crippen LogP contribution is -2.54. The Bertz CT molecular complexity index is 1170. The van der Waals surface area contributed by atoms with Crippen molar-refractivity contribution >= 4 is 22.8 Å². The summed E-state index contributed by atoms with van der Waals surface area (Å²) in [6.45, 7) is 4.67. The predicted molar refractivity (Wildman–Crippen MR) is 128 cm³/mol. The SMILES string of the molecule is C[C@]1(C2CCN(Cc3cc4ccccc4[nH]3)CC2)NC(=O)N(C2Cc3ccccc3C2)C1=O. The van der Waals surface area contributed by atoms with E-state index in [9.17, 15) is 9.59 Å². The van der Waals surface area contributed by atoms with Crippen LogP contribution in [0.1, 0.15) is 36.6 Å². The first-order chi connectivity index (χ1) is 16.0. The number of para-hydroxylation sites is 1. The third kappa shape index (κ3) is 3.44. The van der Waals surface area contributed by atoms with Gasteiger partial charge in [0.15, 0.2) is 0 Å². The van der Waals surface area contributed by atoms with Gasteiger partial charge in [-0.1, -0.05) is 42.5 Å². The number of nitrogens with one attached hydrogen (secondary N) is 2. The van der Waals surface area contributed by atoms with Gasteiger partial charge in [0, 0.05) is 23.8 Å². The van der Waals surface area contributed by atoms with Crippen molar-refractivity contribution in [1.82, 2.24) is 20.1 Å². The Morgan fingerprint density at radius 2 is 1.64 bits per heavy atom. The summed E-state index contributed by atoms with van der Waals surface area (Å²) in [4.78, 5) is 34.0. The molecule has 3 aromatic rings. The first kappa shape index (κ1) is 20.5. The number of hydrogen-bond donors (Lipinski definition) is 2. The minimum absolute atomic E-state index is 0.0422. The molecule has 2 N–H and O–H groups in total. The monoisotopic (exact) mass is 442 g/mol. The minimum atomic E-state index is -0.806. The topological polar surface area (TPSA) is 68.4 Å². The van der Waals surface area contributed by atoms with Crippen LogP contribution in [0.4, 0.5) is 4.79 Å². The first-order valence-corrected chi connectivity index (χ1v) is 12.0. The van der Waals surface area contributed by atoms with Crippen molar-refractivity contribution in [3.8, 4) is 0 Å². The highest BCUT2D eigenvalue weighted by Gasteiger charge is 2.55. The van der Waals surface area contributed by atoms with Gasteiger partial charge in [0.05, 0.1) is 0 Å². The molecule has 0 unspecified atom stereocenters. The number of piperidine rings is 1. The number of urea groups is 1. The van der Waals surface area contributed by atoms with Crippen molar-refractivity contribution in [3.63, 3.8) is 0 Å². The minimum Gasteiger partial charge on any atom is -0.357 e. The van der Waals surface area contributed by atoms with Crippen LogP contribution in [0.3, 0.4) is 0 Å². The second-order valence-corrected chi connectivity index (χ2v) is 10.1. The van der Waals surface area contributed by atoms with Crippen molar-refractivity contribution in [2.24, 2.45) is 5.92 Å². The average molecular weight is 443 g/mol. The molecule has 6 nitrogen and oxygen atoms in total. The maximum atomic E-state index is 13.6. The molecule has 1 atom stereocenters. The lowest BCUT2D eigenvalue weighted by molar-refractivity contribution is -0.134. The summed E-state index contributed by atoms with van der Waals surface area (Å²) in [5.74, 6) is 0.112. The Morgan fingerprint density at radius 3 is 2.33 bits per heavy atom. The molecule has 1 aliphatic carbocycles. The van der Waals surface area contributed by atoms with E-state index in [0.29, 0.717) is 0 Å². The van der Waals surface area contributed by atoms with E-state index < -0.39 is 5.54 Å². The van der Waals surface area contributed by atoms with Crippen LogP contribution in [0.5, 0.6) is 0 Å². The molecule has 2 fully saturated rings. The summed E-state index contributed by atoms with van der Waals surface area (Å²) in [6, 6.07) is 18.6. The second kappa shape index (κ2) is 7.73. The van der Waals surface area contributed by atoms with Crippen molar-refractivity contribution in [2.45, 2.75) is 50.7 Å². The second-order valence-electron chi connectivity index (χ2n) is 10.1. The van der Waals surface area contributed by atoms with Gasteiger partial charge in [0.2, 0.25) is 0 Å². The van der Waals surface area contributed by atoms with Gasteiger partial charge in [0.1, 0.15) is 5.54 Å². The van der Waals surface area contributed by atoms with Gasteiger partial charge in [-0.3, -0.25) is 14.6 Å². The van der Waals surface area contributed by atoms with E-state index in [2.05, 4.69) is 57.7 Å². The van der Waals surface area contributed by atoms with Gasteiger partial charge in [-0.2, -0.15) is 0 Å². The number of carbonyl (C=O) groups is 2. The first-order valence-electron chi connectivity index (χ1n) is 12.0. The van der Waals surface area contributed by atoms with Gasteiger partial charge in [-0.25, -0.2) is 4.79 Å². The standard InChI is InChI=1S/C27H30N4O2/c1-27(25(32)31(26(33)29-27)23-15-18-6-2-3-7-19(18)16-23)21-10-12-30(13-11-21)17-22-14-20-8-4-5-9-24(20)28-22/h2-9,14,21,23,28H,10-13,15-17H2,1H3,(H,29,33)/t27-/m1/s1. The molecule has 6 heteroatoms. The summed E-state index contributed by atoms with van der Waals surface area (Å²) in [5.41, 5.74) is 4.09. The Hall–Kier alpha value is -3.12. The fourth-order valence-corrected chi connectivity index (χ4v) is 6.13. The number of carbonyl (C=O) groups excluding carboxylic acids is 2. The largest absolute Gasteiger partial charge is 0.357 e. The maximum absolute atomic E-state index is 13.6. The van der Waals surface area contributed by atoms with E-state index in [-0.39, 0.29) is 23.9 Å². The molecular formula is C27H30N4O2. The summed E-state index contributed by atoms with van der Waals surface area (Å²) in [6.07, 6.45) is 3.33. The molecule has 0 saturated carbocycles. The van der Waals surface area contributed by atoms with E-state index in [1.54, 1.807) is 0 Å². The molecule has 2 aromatic carbocycles. The van der Waals surface area contributed by atoms with E-state index in [1.165, 1.54) is 32.6 Å². The van der Waals surface area contributed by atoms with Crippen LogP contribution in [-0.2, 0) is 24.2 Å². The van der Waals surface area contributed by atoms with Crippen molar-refractivity contribution in [1.29, 1.82) is 0 Å². The van der Waals surface area contributed by atoms with Crippen LogP contribution in [0, 0.1) is 5.92 Å². The predicted octanol–water partition coefficient (Wildman–Crippen LogP) is 3.86. The molecule has 2 saturated heterocycles. The van der Waals surface area contributed by atoms with E-state index in [1.807, 2.05) is 19.1 Å². The van der Waals surface area contributed by atoms with Crippen molar-refractivity contribution < 1.29 is 9.59 Å². The van der Waals surface area contributed by atoms with Gasteiger partial charge in [0.25, 0.3) is 5.91 Å². The van der Waals surface area contributed by atoms with E-state index in [0.717, 1.165) is 45.3 Å². The molecular weight excluding hydrogens is 412 g/mol. The van der Waals surface area contributed by atoms with Crippen LogP contribution in [0.15, 0.2) is 54.6 Å². The number of rotatable bonds is 4. The number of aromatic nitrogens is 1. The maximum Gasteiger partial charge on any atom is 0.325 e. The lowest BCUT2D eigenvalue weighted by Gasteiger charge is -2.39. The summed E-state index contributed by atoms with van der Waals surface area (Å²) in [5, 5.41) is 4.34. The number of fused-ring (bicyclic) bond motifs is 2. The van der Waals surface area contributed by atoms with Crippen LogP contribution >= 0.6 is 0 Å². The molecule has 33 heavy (non-hydrogen) atoms. The van der Waals surface area contributed by atoms with Crippen molar-refractivity contribution in [2.75, 3.05) is 13.1 Å². The molecule has 3 amide bonds. The van der Waals surface area contributed by atoms with Crippen LogP contribution in [-0.4, -0.2) is 51.4 Å². The molecule has 1 aromatic heterocycles.